The first-order chi connectivity index (χ1) is 9.56. The first-order valence-corrected chi connectivity index (χ1v) is 7.42. The normalized spacial score (nSPS) is 22.6. The second-order valence-corrected chi connectivity index (χ2v) is 5.74. The van der Waals surface area contributed by atoms with Crippen molar-refractivity contribution >= 4 is 11.4 Å². The maximum absolute atomic E-state index is 14.1. The average Bonchev–Trinajstić information content (AvgIpc) is 2.47. The van der Waals surface area contributed by atoms with E-state index in [2.05, 4.69) is 6.92 Å². The molecule has 3 nitrogen and oxygen atoms in total. The van der Waals surface area contributed by atoms with Crippen molar-refractivity contribution in [2.24, 2.45) is 5.92 Å². The second-order valence-electron chi connectivity index (χ2n) is 5.74. The number of hydrogen-bond donors (Lipinski definition) is 1. The topological polar surface area (TPSA) is 38.5 Å². The molecule has 0 aliphatic heterocycles. The summed E-state index contributed by atoms with van der Waals surface area (Å²) >= 11 is 0. The molecular weight excluding hydrogens is 255 g/mol. The summed E-state index contributed by atoms with van der Waals surface area (Å²) in [6, 6.07) is 3.46. The van der Waals surface area contributed by atoms with Crippen LogP contribution in [0, 0.1) is 11.7 Å². The number of anilines is 2. The van der Waals surface area contributed by atoms with Gasteiger partial charge in [0, 0.05) is 25.2 Å². The fourth-order valence-electron chi connectivity index (χ4n) is 3.14. The summed E-state index contributed by atoms with van der Waals surface area (Å²) in [5.41, 5.74) is 6.66. The van der Waals surface area contributed by atoms with Gasteiger partial charge in [-0.25, -0.2) is 4.39 Å². The Morgan fingerprint density at radius 1 is 1.30 bits per heavy atom. The zero-order valence-corrected chi connectivity index (χ0v) is 12.7. The van der Waals surface area contributed by atoms with E-state index in [1.807, 2.05) is 11.9 Å². The number of methoxy groups -OCH3 is 1. The van der Waals surface area contributed by atoms with Gasteiger partial charge in [-0.2, -0.15) is 0 Å². The van der Waals surface area contributed by atoms with Crippen LogP contribution in [0.2, 0.25) is 0 Å². The van der Waals surface area contributed by atoms with Gasteiger partial charge in [0.15, 0.2) is 0 Å². The van der Waals surface area contributed by atoms with Gasteiger partial charge in [-0.3, -0.25) is 0 Å². The molecular formula is C16H25FN2O. The molecule has 1 aliphatic rings. The van der Waals surface area contributed by atoms with Gasteiger partial charge in [-0.1, -0.05) is 13.3 Å². The van der Waals surface area contributed by atoms with Gasteiger partial charge < -0.3 is 15.4 Å². The molecule has 0 unspecified atom stereocenters. The Kier molecular flexibility index (Phi) is 4.73. The minimum atomic E-state index is -0.275. The Labute approximate surface area is 120 Å². The smallest absolute Gasteiger partial charge is 0.148 e. The number of hydrogen-bond acceptors (Lipinski definition) is 3. The molecule has 0 atom stereocenters. The SMILES string of the molecule is CCC1CCC(N(C)c2cc(OC)c(N)cc2F)CC1. The van der Waals surface area contributed by atoms with Crippen LogP contribution < -0.4 is 15.4 Å². The van der Waals surface area contributed by atoms with Crippen LogP contribution in [0.3, 0.4) is 0 Å². The van der Waals surface area contributed by atoms with Gasteiger partial charge in [-0.15, -0.1) is 0 Å². The van der Waals surface area contributed by atoms with Crippen LogP contribution in [0.25, 0.3) is 0 Å². The number of benzene rings is 1. The van der Waals surface area contributed by atoms with Crippen LogP contribution in [0.1, 0.15) is 39.0 Å². The molecule has 1 aliphatic carbocycles. The van der Waals surface area contributed by atoms with E-state index in [1.165, 1.54) is 25.3 Å². The first-order valence-electron chi connectivity index (χ1n) is 7.42. The molecule has 0 radical (unpaired) electrons. The van der Waals surface area contributed by atoms with Crippen LogP contribution >= 0.6 is 0 Å². The van der Waals surface area contributed by atoms with E-state index in [0.29, 0.717) is 23.2 Å². The lowest BCUT2D eigenvalue weighted by atomic mass is 9.84. The van der Waals surface area contributed by atoms with Crippen LogP contribution in [0.4, 0.5) is 15.8 Å². The number of nitrogens with zero attached hydrogens (tertiary/aromatic N) is 1. The van der Waals surface area contributed by atoms with Gasteiger partial charge in [-0.05, 0) is 31.6 Å². The zero-order chi connectivity index (χ0) is 14.7. The number of rotatable bonds is 4. The molecule has 1 fully saturated rings. The van der Waals surface area contributed by atoms with Crippen molar-refractivity contribution in [2.75, 3.05) is 24.8 Å². The van der Waals surface area contributed by atoms with Gasteiger partial charge in [0.1, 0.15) is 11.6 Å². The number of nitrogens with two attached hydrogens (primary N) is 1. The lowest BCUT2D eigenvalue weighted by Gasteiger charge is -2.36. The summed E-state index contributed by atoms with van der Waals surface area (Å²) in [7, 11) is 3.52. The Hall–Kier alpha value is -1.45. The molecule has 0 heterocycles. The van der Waals surface area contributed by atoms with E-state index < -0.39 is 0 Å². The van der Waals surface area contributed by atoms with E-state index in [4.69, 9.17) is 10.5 Å². The van der Waals surface area contributed by atoms with Crippen LogP contribution in [-0.4, -0.2) is 20.2 Å². The highest BCUT2D eigenvalue weighted by molar-refractivity contribution is 5.63. The highest BCUT2D eigenvalue weighted by Gasteiger charge is 2.25. The maximum atomic E-state index is 14.1. The Balaban J connectivity index is 2.15. The second kappa shape index (κ2) is 6.33. The number of ether oxygens (including phenoxy) is 1. The van der Waals surface area contributed by atoms with E-state index in [1.54, 1.807) is 13.2 Å². The molecule has 2 N–H and O–H groups in total. The van der Waals surface area contributed by atoms with E-state index in [-0.39, 0.29) is 5.82 Å². The molecule has 2 rings (SSSR count). The third-order valence-electron chi connectivity index (χ3n) is 4.62. The molecule has 20 heavy (non-hydrogen) atoms. The monoisotopic (exact) mass is 280 g/mol. The van der Waals surface area contributed by atoms with Crippen molar-refractivity contribution in [1.29, 1.82) is 0 Å². The van der Waals surface area contributed by atoms with Crippen molar-refractivity contribution in [3.05, 3.63) is 17.9 Å². The summed E-state index contributed by atoms with van der Waals surface area (Å²) in [5, 5.41) is 0. The van der Waals surface area contributed by atoms with Crippen molar-refractivity contribution in [1.82, 2.24) is 0 Å². The van der Waals surface area contributed by atoms with Gasteiger partial charge in [0.05, 0.1) is 18.5 Å². The molecule has 0 spiro atoms. The first kappa shape index (κ1) is 14.9. The Morgan fingerprint density at radius 2 is 1.95 bits per heavy atom. The van der Waals surface area contributed by atoms with E-state index in [9.17, 15) is 4.39 Å². The third kappa shape index (κ3) is 3.00. The predicted molar refractivity (Wildman–Crippen MR) is 81.8 cm³/mol. The Bertz CT molecular complexity index is 456. The highest BCUT2D eigenvalue weighted by Crippen LogP contribution is 2.35. The van der Waals surface area contributed by atoms with Gasteiger partial charge in [0.2, 0.25) is 0 Å². The number of halogens is 1. The van der Waals surface area contributed by atoms with Crippen molar-refractivity contribution in [3.8, 4) is 5.75 Å². The molecule has 1 aromatic carbocycles. The van der Waals surface area contributed by atoms with Crippen molar-refractivity contribution in [2.45, 2.75) is 45.1 Å². The molecule has 112 valence electrons. The highest BCUT2D eigenvalue weighted by atomic mass is 19.1. The quantitative estimate of drug-likeness (QED) is 0.852. The number of nitrogen functional groups attached to an aromatic ring is 1. The largest absolute Gasteiger partial charge is 0.495 e. The van der Waals surface area contributed by atoms with Crippen molar-refractivity contribution < 1.29 is 9.13 Å². The molecule has 1 aromatic rings. The third-order valence-corrected chi connectivity index (χ3v) is 4.62. The zero-order valence-electron chi connectivity index (χ0n) is 12.7. The minimum Gasteiger partial charge on any atom is -0.495 e. The summed E-state index contributed by atoms with van der Waals surface area (Å²) < 4.78 is 19.3. The van der Waals surface area contributed by atoms with Crippen molar-refractivity contribution in [3.63, 3.8) is 0 Å². The summed E-state index contributed by atoms with van der Waals surface area (Å²) in [5.74, 6) is 1.10. The minimum absolute atomic E-state index is 0.275. The average molecular weight is 280 g/mol. The van der Waals surface area contributed by atoms with Crippen LogP contribution in [0.5, 0.6) is 5.75 Å². The summed E-state index contributed by atoms with van der Waals surface area (Å²) in [6.45, 7) is 2.25. The molecule has 0 amide bonds. The van der Waals surface area contributed by atoms with E-state index in [0.717, 1.165) is 18.8 Å². The fraction of sp³-hybridized carbons (Fsp3) is 0.625. The predicted octanol–water partition coefficient (Wildman–Crippen LogP) is 3.82. The van der Waals surface area contributed by atoms with Crippen LogP contribution in [0.15, 0.2) is 12.1 Å². The molecule has 0 saturated heterocycles. The molecule has 4 heteroatoms. The van der Waals surface area contributed by atoms with E-state index >= 15 is 0 Å². The molecule has 1 saturated carbocycles. The molecule has 0 bridgehead atoms. The lowest BCUT2D eigenvalue weighted by Crippen LogP contribution is -2.35. The summed E-state index contributed by atoms with van der Waals surface area (Å²) in [6.07, 6.45) is 5.97. The standard InChI is InChI=1S/C16H25FN2O/c1-4-11-5-7-12(8-6-11)19(2)15-10-16(20-3)14(18)9-13(15)17/h9-12H,4-8,18H2,1-3H3. The lowest BCUT2D eigenvalue weighted by molar-refractivity contribution is 0.312. The fourth-order valence-corrected chi connectivity index (χ4v) is 3.14. The molecule has 0 aromatic heterocycles. The Morgan fingerprint density at radius 3 is 2.50 bits per heavy atom. The summed E-state index contributed by atoms with van der Waals surface area (Å²) in [4.78, 5) is 2.04. The van der Waals surface area contributed by atoms with Crippen LogP contribution in [-0.2, 0) is 0 Å². The van der Waals surface area contributed by atoms with Gasteiger partial charge >= 0.3 is 0 Å². The maximum Gasteiger partial charge on any atom is 0.148 e. The van der Waals surface area contributed by atoms with Gasteiger partial charge in [0.25, 0.3) is 0 Å².